The van der Waals surface area contributed by atoms with Crippen LogP contribution in [0.15, 0.2) is 11.6 Å². The van der Waals surface area contributed by atoms with E-state index in [1.54, 1.807) is 5.57 Å². The molecule has 0 aliphatic rings. The van der Waals surface area contributed by atoms with Crippen molar-refractivity contribution in [3.63, 3.8) is 0 Å². The molecule has 0 nitrogen and oxygen atoms in total. The van der Waals surface area contributed by atoms with Crippen molar-refractivity contribution >= 4 is 0 Å². The quantitative estimate of drug-likeness (QED) is 0.207. The van der Waals surface area contributed by atoms with Crippen molar-refractivity contribution in [3.05, 3.63) is 11.6 Å². The van der Waals surface area contributed by atoms with Gasteiger partial charge in [-0.15, -0.1) is 0 Å². The zero-order valence-corrected chi connectivity index (χ0v) is 18.2. The van der Waals surface area contributed by atoms with Gasteiger partial charge in [-0.05, 0) is 56.3 Å². The summed E-state index contributed by atoms with van der Waals surface area (Å²) in [5.41, 5.74) is 1.57. The number of rotatable bonds is 15. The summed E-state index contributed by atoms with van der Waals surface area (Å²) in [6, 6.07) is 0. The SMILES string of the molecule is CCCCCCC(CC(C)C(C)CC)C(CC)CCC=C(C)CC. The molecule has 0 aromatic carbocycles. The van der Waals surface area contributed by atoms with E-state index in [0.29, 0.717) is 0 Å². The molecule has 0 heteroatoms. The Hall–Kier alpha value is -0.260. The molecule has 0 spiro atoms. The van der Waals surface area contributed by atoms with E-state index >= 15 is 0 Å². The molecule has 144 valence electrons. The Morgan fingerprint density at radius 3 is 2.04 bits per heavy atom. The second-order valence-electron chi connectivity index (χ2n) is 8.36. The molecule has 0 amide bonds. The molecule has 0 fully saturated rings. The molecule has 4 unspecified atom stereocenters. The lowest BCUT2D eigenvalue weighted by atomic mass is 9.75. The maximum Gasteiger partial charge on any atom is -0.0345 e. The van der Waals surface area contributed by atoms with Crippen LogP contribution in [0, 0.1) is 23.7 Å². The minimum Gasteiger partial charge on any atom is -0.0856 e. The molecule has 4 atom stereocenters. The van der Waals surface area contributed by atoms with E-state index in [2.05, 4.69) is 54.5 Å². The topological polar surface area (TPSA) is 0 Å². The van der Waals surface area contributed by atoms with Crippen LogP contribution in [0.3, 0.4) is 0 Å². The predicted octanol–water partition coefficient (Wildman–Crippen LogP) is 8.81. The molecule has 0 aliphatic heterocycles. The molecule has 0 aliphatic carbocycles. The Bertz CT molecular complexity index is 301. The Kier molecular flexibility index (Phi) is 14.9. The average molecular weight is 337 g/mol. The summed E-state index contributed by atoms with van der Waals surface area (Å²) in [5.74, 6) is 3.64. The van der Waals surface area contributed by atoms with Crippen molar-refractivity contribution < 1.29 is 0 Å². The summed E-state index contributed by atoms with van der Waals surface area (Å²) in [6.45, 7) is 16.6. The Morgan fingerprint density at radius 2 is 1.50 bits per heavy atom. The molecular formula is C24H48. The third-order valence-corrected chi connectivity index (χ3v) is 6.50. The van der Waals surface area contributed by atoms with Crippen LogP contribution in [-0.2, 0) is 0 Å². The van der Waals surface area contributed by atoms with Gasteiger partial charge in [-0.3, -0.25) is 0 Å². The highest BCUT2D eigenvalue weighted by atomic mass is 14.3. The fourth-order valence-electron chi connectivity index (χ4n) is 3.95. The van der Waals surface area contributed by atoms with Crippen molar-refractivity contribution in [3.8, 4) is 0 Å². The molecule has 0 heterocycles. The fraction of sp³-hybridized carbons (Fsp3) is 0.917. The van der Waals surface area contributed by atoms with Gasteiger partial charge in [0.15, 0.2) is 0 Å². The zero-order chi connectivity index (χ0) is 18.4. The van der Waals surface area contributed by atoms with Gasteiger partial charge in [0.2, 0.25) is 0 Å². The second-order valence-corrected chi connectivity index (χ2v) is 8.36. The van der Waals surface area contributed by atoms with Crippen molar-refractivity contribution in [1.29, 1.82) is 0 Å². The van der Waals surface area contributed by atoms with Gasteiger partial charge >= 0.3 is 0 Å². The van der Waals surface area contributed by atoms with Crippen LogP contribution >= 0.6 is 0 Å². The maximum absolute atomic E-state index is 2.50. The highest BCUT2D eigenvalue weighted by molar-refractivity contribution is 4.96. The lowest BCUT2D eigenvalue weighted by Gasteiger charge is -2.31. The monoisotopic (exact) mass is 336 g/mol. The van der Waals surface area contributed by atoms with Gasteiger partial charge in [0.1, 0.15) is 0 Å². The van der Waals surface area contributed by atoms with Gasteiger partial charge in [0.25, 0.3) is 0 Å². The van der Waals surface area contributed by atoms with Crippen molar-refractivity contribution in [2.24, 2.45) is 23.7 Å². The highest BCUT2D eigenvalue weighted by Gasteiger charge is 2.23. The molecule has 0 saturated carbocycles. The first-order chi connectivity index (χ1) is 11.5. The zero-order valence-electron chi connectivity index (χ0n) is 18.2. The van der Waals surface area contributed by atoms with Crippen molar-refractivity contribution in [1.82, 2.24) is 0 Å². The van der Waals surface area contributed by atoms with Crippen LogP contribution in [-0.4, -0.2) is 0 Å². The highest BCUT2D eigenvalue weighted by Crippen LogP contribution is 2.34. The second kappa shape index (κ2) is 15.0. The van der Waals surface area contributed by atoms with E-state index in [-0.39, 0.29) is 0 Å². The maximum atomic E-state index is 2.50. The van der Waals surface area contributed by atoms with E-state index in [9.17, 15) is 0 Å². The standard InChI is InChI=1S/C24H48/c1-8-12-13-14-17-24(19-22(7)21(6)10-3)23(11-4)18-15-16-20(5)9-2/h16,21-24H,8-15,17-19H2,1-7H3. The number of hydrogen-bond donors (Lipinski definition) is 0. The van der Waals surface area contributed by atoms with Crippen LogP contribution < -0.4 is 0 Å². The molecular weight excluding hydrogens is 288 g/mol. The third-order valence-electron chi connectivity index (χ3n) is 6.50. The number of allylic oxidation sites excluding steroid dienone is 2. The first-order valence-electron chi connectivity index (χ1n) is 11.1. The first kappa shape index (κ1) is 23.7. The van der Waals surface area contributed by atoms with Gasteiger partial charge in [-0.25, -0.2) is 0 Å². The summed E-state index contributed by atoms with van der Waals surface area (Å²) < 4.78 is 0. The van der Waals surface area contributed by atoms with Crippen LogP contribution in [0.2, 0.25) is 0 Å². The minimum atomic E-state index is 0.878. The fourth-order valence-corrected chi connectivity index (χ4v) is 3.95. The summed E-state index contributed by atoms with van der Waals surface area (Å²) in [6.07, 6.45) is 17.7. The number of unbranched alkanes of at least 4 members (excludes halogenated alkanes) is 3. The molecule has 0 N–H and O–H groups in total. The minimum absolute atomic E-state index is 0.878. The lowest BCUT2D eigenvalue weighted by Crippen LogP contribution is -2.20. The van der Waals surface area contributed by atoms with Gasteiger partial charge in [-0.1, -0.05) is 98.1 Å². The molecule has 0 aromatic heterocycles. The van der Waals surface area contributed by atoms with Crippen LogP contribution in [0.1, 0.15) is 119 Å². The molecule has 0 saturated heterocycles. The first-order valence-corrected chi connectivity index (χ1v) is 11.1. The van der Waals surface area contributed by atoms with Gasteiger partial charge in [0, 0.05) is 0 Å². The predicted molar refractivity (Wildman–Crippen MR) is 113 cm³/mol. The van der Waals surface area contributed by atoms with E-state index in [4.69, 9.17) is 0 Å². The average Bonchev–Trinajstić information content (AvgIpc) is 2.60. The van der Waals surface area contributed by atoms with Crippen molar-refractivity contribution in [2.75, 3.05) is 0 Å². The third kappa shape index (κ3) is 10.6. The molecule has 0 aromatic rings. The van der Waals surface area contributed by atoms with Gasteiger partial charge < -0.3 is 0 Å². The van der Waals surface area contributed by atoms with Crippen LogP contribution in [0.4, 0.5) is 0 Å². The Labute approximate surface area is 154 Å². The number of hydrogen-bond acceptors (Lipinski definition) is 0. The van der Waals surface area contributed by atoms with E-state index < -0.39 is 0 Å². The van der Waals surface area contributed by atoms with E-state index in [1.165, 1.54) is 70.6 Å². The van der Waals surface area contributed by atoms with Crippen LogP contribution in [0.5, 0.6) is 0 Å². The largest absolute Gasteiger partial charge is 0.0856 e. The van der Waals surface area contributed by atoms with E-state index in [1.807, 2.05) is 0 Å². The normalized spacial score (nSPS) is 17.5. The Balaban J connectivity index is 4.69. The van der Waals surface area contributed by atoms with Gasteiger partial charge in [0.05, 0.1) is 0 Å². The smallest absolute Gasteiger partial charge is 0.0345 e. The molecule has 0 radical (unpaired) electrons. The Morgan fingerprint density at radius 1 is 0.792 bits per heavy atom. The van der Waals surface area contributed by atoms with E-state index in [0.717, 1.165) is 23.7 Å². The molecule has 0 rings (SSSR count). The summed E-state index contributed by atoms with van der Waals surface area (Å²) in [5, 5.41) is 0. The summed E-state index contributed by atoms with van der Waals surface area (Å²) >= 11 is 0. The van der Waals surface area contributed by atoms with Crippen molar-refractivity contribution in [2.45, 2.75) is 119 Å². The summed E-state index contributed by atoms with van der Waals surface area (Å²) in [7, 11) is 0. The molecule has 24 heavy (non-hydrogen) atoms. The lowest BCUT2D eigenvalue weighted by molar-refractivity contribution is 0.204. The van der Waals surface area contributed by atoms with Crippen LogP contribution in [0.25, 0.3) is 0 Å². The van der Waals surface area contributed by atoms with Gasteiger partial charge in [-0.2, -0.15) is 0 Å². The molecule has 0 bridgehead atoms. The summed E-state index contributed by atoms with van der Waals surface area (Å²) in [4.78, 5) is 0.